The number of hydrogen-bond acceptors (Lipinski definition) is 4. The van der Waals surface area contributed by atoms with E-state index in [1.165, 1.54) is 5.39 Å². The van der Waals surface area contributed by atoms with Gasteiger partial charge in [-0.15, -0.1) is 0 Å². The molecule has 0 radical (unpaired) electrons. The standard InChI is InChI=1S/C32H20N4O2/c1-3-12-27-24(10-1)25-16-15-23(37-31-14-5-6-17-33-31)19-28(25)35(27)21-8-7-9-22(18-21)36-32-26-11-2-4-13-29(26)38-30(32)20-34-36/h1-20H. The first-order chi connectivity index (χ1) is 18.8. The van der Waals surface area contributed by atoms with Gasteiger partial charge in [0.25, 0.3) is 0 Å². The lowest BCUT2D eigenvalue weighted by Gasteiger charge is -2.11. The Kier molecular flexibility index (Phi) is 4.42. The van der Waals surface area contributed by atoms with Gasteiger partial charge < -0.3 is 13.7 Å². The average Bonchev–Trinajstić information content (AvgIpc) is 3.64. The van der Waals surface area contributed by atoms with Gasteiger partial charge >= 0.3 is 0 Å². The van der Waals surface area contributed by atoms with E-state index in [0.29, 0.717) is 5.88 Å². The number of nitrogens with zero attached hydrogens (tertiary/aromatic N) is 4. The summed E-state index contributed by atoms with van der Waals surface area (Å²) in [4.78, 5) is 4.31. The van der Waals surface area contributed by atoms with Crippen LogP contribution in [0.5, 0.6) is 11.6 Å². The van der Waals surface area contributed by atoms with Crippen molar-refractivity contribution in [2.24, 2.45) is 0 Å². The van der Waals surface area contributed by atoms with Crippen LogP contribution < -0.4 is 4.74 Å². The van der Waals surface area contributed by atoms with Gasteiger partial charge in [-0.1, -0.05) is 42.5 Å². The summed E-state index contributed by atoms with van der Waals surface area (Å²) >= 11 is 0. The van der Waals surface area contributed by atoms with Crippen LogP contribution in [0.3, 0.4) is 0 Å². The summed E-state index contributed by atoms with van der Waals surface area (Å²) in [5, 5.41) is 8.05. The molecule has 0 aliphatic carbocycles. The molecule has 0 amide bonds. The van der Waals surface area contributed by atoms with Crippen LogP contribution in [0.15, 0.2) is 126 Å². The third-order valence-electron chi connectivity index (χ3n) is 6.94. The van der Waals surface area contributed by atoms with E-state index in [-0.39, 0.29) is 0 Å². The third-order valence-corrected chi connectivity index (χ3v) is 6.94. The van der Waals surface area contributed by atoms with Gasteiger partial charge in [0, 0.05) is 40.2 Å². The molecule has 0 bridgehead atoms. The number of benzene rings is 4. The van der Waals surface area contributed by atoms with E-state index in [9.17, 15) is 0 Å². The smallest absolute Gasteiger partial charge is 0.219 e. The molecule has 0 aliphatic rings. The van der Waals surface area contributed by atoms with Gasteiger partial charge in [0.1, 0.15) is 16.8 Å². The summed E-state index contributed by atoms with van der Waals surface area (Å²) in [6, 6.07) is 36.8. The summed E-state index contributed by atoms with van der Waals surface area (Å²) in [5.41, 5.74) is 6.74. The number of ether oxygens (including phenoxy) is 1. The Balaban J connectivity index is 1.33. The van der Waals surface area contributed by atoms with Crippen LogP contribution in [0.2, 0.25) is 0 Å². The first-order valence-electron chi connectivity index (χ1n) is 12.4. The quantitative estimate of drug-likeness (QED) is 0.249. The topological polar surface area (TPSA) is 58.0 Å². The zero-order chi connectivity index (χ0) is 25.1. The van der Waals surface area contributed by atoms with Crippen molar-refractivity contribution in [3.63, 3.8) is 0 Å². The number of para-hydroxylation sites is 2. The van der Waals surface area contributed by atoms with Crippen LogP contribution >= 0.6 is 0 Å². The highest BCUT2D eigenvalue weighted by atomic mass is 16.5. The van der Waals surface area contributed by atoms with Crippen LogP contribution in [0.4, 0.5) is 0 Å². The van der Waals surface area contributed by atoms with Gasteiger partial charge in [0.2, 0.25) is 5.88 Å². The summed E-state index contributed by atoms with van der Waals surface area (Å²) in [6.45, 7) is 0. The lowest BCUT2D eigenvalue weighted by atomic mass is 10.1. The van der Waals surface area contributed by atoms with Crippen LogP contribution in [0.25, 0.3) is 55.2 Å². The van der Waals surface area contributed by atoms with Gasteiger partial charge in [0.15, 0.2) is 5.58 Å². The maximum atomic E-state index is 6.09. The fraction of sp³-hybridized carbons (Fsp3) is 0. The summed E-state index contributed by atoms with van der Waals surface area (Å²) in [7, 11) is 0. The second-order valence-electron chi connectivity index (χ2n) is 9.19. The van der Waals surface area contributed by atoms with E-state index in [2.05, 4.69) is 81.4 Å². The fourth-order valence-electron chi connectivity index (χ4n) is 5.30. The Morgan fingerprint density at radius 3 is 2.37 bits per heavy atom. The van der Waals surface area contributed by atoms with E-state index in [1.54, 1.807) is 12.4 Å². The minimum Gasteiger partial charge on any atom is -0.453 e. The summed E-state index contributed by atoms with van der Waals surface area (Å²) in [6.07, 6.45) is 3.51. The summed E-state index contributed by atoms with van der Waals surface area (Å²) in [5.74, 6) is 1.29. The molecule has 0 spiro atoms. The molecule has 4 aromatic heterocycles. The SMILES string of the molecule is c1ccc(Oc2ccc3c4ccccc4n(-c4cccc(-n5ncc6oc7ccccc7c65)c4)c3c2)nc1. The Hall–Kier alpha value is -5.36. The van der Waals surface area contributed by atoms with Crippen LogP contribution in [-0.2, 0) is 0 Å². The Labute approximate surface area is 216 Å². The largest absolute Gasteiger partial charge is 0.453 e. The molecule has 0 unspecified atom stereocenters. The Morgan fingerprint density at radius 1 is 0.632 bits per heavy atom. The first kappa shape index (κ1) is 20.8. The van der Waals surface area contributed by atoms with Gasteiger partial charge in [-0.3, -0.25) is 0 Å². The third kappa shape index (κ3) is 3.14. The second-order valence-corrected chi connectivity index (χ2v) is 9.19. The normalized spacial score (nSPS) is 11.7. The van der Waals surface area contributed by atoms with Crippen molar-refractivity contribution in [1.82, 2.24) is 19.3 Å². The molecule has 0 fully saturated rings. The van der Waals surface area contributed by atoms with Crippen LogP contribution in [0.1, 0.15) is 0 Å². The van der Waals surface area contributed by atoms with Gasteiger partial charge in [0.05, 0.1) is 22.9 Å². The van der Waals surface area contributed by atoms with Gasteiger partial charge in [-0.25, -0.2) is 9.67 Å². The lowest BCUT2D eigenvalue weighted by molar-refractivity contribution is 0.463. The first-order valence-corrected chi connectivity index (χ1v) is 12.4. The predicted octanol–water partition coefficient (Wildman–Crippen LogP) is 8.06. The number of aromatic nitrogens is 4. The molecular formula is C32H20N4O2. The molecule has 4 heterocycles. The molecule has 0 atom stereocenters. The zero-order valence-electron chi connectivity index (χ0n) is 20.2. The van der Waals surface area contributed by atoms with Crippen molar-refractivity contribution in [2.45, 2.75) is 0 Å². The Morgan fingerprint density at radius 2 is 1.45 bits per heavy atom. The molecule has 0 aliphatic heterocycles. The van der Waals surface area contributed by atoms with E-state index >= 15 is 0 Å². The molecule has 0 saturated carbocycles. The van der Waals surface area contributed by atoms with Crippen molar-refractivity contribution in [2.75, 3.05) is 0 Å². The molecular weight excluding hydrogens is 472 g/mol. The minimum atomic E-state index is 0.562. The van der Waals surface area contributed by atoms with Crippen molar-refractivity contribution < 1.29 is 9.15 Å². The highest BCUT2D eigenvalue weighted by molar-refractivity contribution is 6.09. The van der Waals surface area contributed by atoms with E-state index in [0.717, 1.165) is 55.6 Å². The molecule has 38 heavy (non-hydrogen) atoms. The molecule has 8 aromatic rings. The second kappa shape index (κ2) is 8.08. The maximum Gasteiger partial charge on any atom is 0.219 e. The van der Waals surface area contributed by atoms with Crippen LogP contribution in [-0.4, -0.2) is 19.3 Å². The van der Waals surface area contributed by atoms with Crippen molar-refractivity contribution in [3.05, 3.63) is 122 Å². The van der Waals surface area contributed by atoms with E-state index in [4.69, 9.17) is 9.15 Å². The van der Waals surface area contributed by atoms with Crippen molar-refractivity contribution in [1.29, 1.82) is 0 Å². The molecule has 8 rings (SSSR count). The highest BCUT2D eigenvalue weighted by Crippen LogP contribution is 2.36. The van der Waals surface area contributed by atoms with Gasteiger partial charge in [-0.2, -0.15) is 5.10 Å². The molecule has 4 aromatic carbocycles. The van der Waals surface area contributed by atoms with Gasteiger partial charge in [-0.05, 0) is 54.6 Å². The molecule has 0 N–H and O–H groups in total. The number of furan rings is 1. The van der Waals surface area contributed by atoms with Crippen molar-refractivity contribution in [3.8, 4) is 23.0 Å². The number of hydrogen-bond donors (Lipinski definition) is 0. The zero-order valence-corrected chi connectivity index (χ0v) is 20.2. The fourth-order valence-corrected chi connectivity index (χ4v) is 5.30. The van der Waals surface area contributed by atoms with E-state index < -0.39 is 0 Å². The molecule has 6 nitrogen and oxygen atoms in total. The number of rotatable bonds is 4. The predicted molar refractivity (Wildman–Crippen MR) is 149 cm³/mol. The van der Waals surface area contributed by atoms with E-state index in [1.807, 2.05) is 47.1 Å². The number of fused-ring (bicyclic) bond motifs is 6. The molecule has 180 valence electrons. The summed E-state index contributed by atoms with van der Waals surface area (Å²) < 4.78 is 16.3. The average molecular weight is 493 g/mol. The highest BCUT2D eigenvalue weighted by Gasteiger charge is 2.16. The molecule has 0 saturated heterocycles. The minimum absolute atomic E-state index is 0.562. The van der Waals surface area contributed by atoms with Crippen molar-refractivity contribution >= 4 is 43.9 Å². The number of pyridine rings is 1. The monoisotopic (exact) mass is 492 g/mol. The maximum absolute atomic E-state index is 6.09. The molecule has 6 heteroatoms. The lowest BCUT2D eigenvalue weighted by Crippen LogP contribution is -1.99. The van der Waals surface area contributed by atoms with Crippen LogP contribution in [0, 0.1) is 0 Å². The Bertz CT molecular complexity index is 2120.